The van der Waals surface area contributed by atoms with Gasteiger partial charge in [-0.05, 0) is 36.1 Å². The van der Waals surface area contributed by atoms with E-state index in [9.17, 15) is 4.79 Å². The van der Waals surface area contributed by atoms with Crippen LogP contribution in [-0.2, 0) is 17.6 Å². The van der Waals surface area contributed by atoms with Crippen molar-refractivity contribution in [2.75, 3.05) is 5.32 Å². The first-order chi connectivity index (χ1) is 9.69. The van der Waals surface area contributed by atoms with Gasteiger partial charge in [-0.3, -0.25) is 4.79 Å². The number of anilines is 1. The third-order valence-electron chi connectivity index (χ3n) is 3.61. The Hall–Kier alpha value is -1.94. The van der Waals surface area contributed by atoms with Crippen LogP contribution >= 0.6 is 11.6 Å². The predicted molar refractivity (Wildman–Crippen MR) is 77.9 cm³/mol. The first kappa shape index (κ1) is 13.1. The van der Waals surface area contributed by atoms with E-state index in [0.29, 0.717) is 10.7 Å². The zero-order valence-electron chi connectivity index (χ0n) is 11.1. The van der Waals surface area contributed by atoms with Gasteiger partial charge in [-0.1, -0.05) is 24.6 Å². The van der Waals surface area contributed by atoms with Crippen molar-refractivity contribution in [2.24, 2.45) is 0 Å². The lowest BCUT2D eigenvalue weighted by atomic mass is 9.77. The van der Waals surface area contributed by atoms with E-state index in [1.807, 2.05) is 25.1 Å². The molecule has 1 aliphatic rings. The lowest BCUT2D eigenvalue weighted by Gasteiger charge is -2.29. The summed E-state index contributed by atoms with van der Waals surface area (Å²) in [6.07, 6.45) is 4.65. The summed E-state index contributed by atoms with van der Waals surface area (Å²) in [4.78, 5) is 20.5. The monoisotopic (exact) mass is 287 g/mol. The molecule has 1 unspecified atom stereocenters. The van der Waals surface area contributed by atoms with Gasteiger partial charge >= 0.3 is 0 Å². The van der Waals surface area contributed by atoms with Crippen molar-refractivity contribution in [3.8, 4) is 0 Å². The zero-order chi connectivity index (χ0) is 14.1. The van der Waals surface area contributed by atoms with Crippen LogP contribution < -0.4 is 5.32 Å². The number of halogens is 1. The topological polar surface area (TPSA) is 54.9 Å². The Kier molecular flexibility index (Phi) is 3.40. The maximum absolute atomic E-state index is 12.3. The number of nitrogens with one attached hydrogen (secondary N) is 1. The van der Waals surface area contributed by atoms with Crippen molar-refractivity contribution < 1.29 is 4.79 Å². The fraction of sp³-hybridized carbons (Fsp3) is 0.267. The quantitative estimate of drug-likeness (QED) is 0.944. The number of aromatic nitrogens is 2. The van der Waals surface area contributed by atoms with Crippen LogP contribution in [0, 0.1) is 0 Å². The smallest absolute Gasteiger partial charge is 0.232 e. The van der Waals surface area contributed by atoms with E-state index >= 15 is 0 Å². The van der Waals surface area contributed by atoms with Crippen molar-refractivity contribution in [2.45, 2.75) is 25.7 Å². The molecule has 0 aliphatic heterocycles. The maximum atomic E-state index is 12.3. The molecule has 1 aromatic carbocycles. The minimum absolute atomic E-state index is 0.0238. The van der Waals surface area contributed by atoms with E-state index < -0.39 is 0 Å². The summed E-state index contributed by atoms with van der Waals surface area (Å²) in [7, 11) is 0. The molecule has 1 amide bonds. The second-order valence-electron chi connectivity index (χ2n) is 4.83. The van der Waals surface area contributed by atoms with Gasteiger partial charge in [-0.25, -0.2) is 9.97 Å². The van der Waals surface area contributed by atoms with Gasteiger partial charge in [0.15, 0.2) is 0 Å². The number of benzene rings is 1. The molecule has 1 aliphatic carbocycles. The van der Waals surface area contributed by atoms with Gasteiger partial charge in [-0.2, -0.15) is 0 Å². The van der Waals surface area contributed by atoms with Crippen LogP contribution in [0.25, 0.3) is 0 Å². The number of amides is 1. The number of fused-ring (bicyclic) bond motifs is 1. The molecule has 5 heteroatoms. The van der Waals surface area contributed by atoms with E-state index in [4.69, 9.17) is 11.6 Å². The summed E-state index contributed by atoms with van der Waals surface area (Å²) in [6.45, 7) is 2.00. The van der Waals surface area contributed by atoms with E-state index in [2.05, 4.69) is 15.3 Å². The number of hydrogen-bond donors (Lipinski definition) is 1. The van der Waals surface area contributed by atoms with Crippen molar-refractivity contribution in [3.63, 3.8) is 0 Å². The molecule has 0 saturated carbocycles. The Morgan fingerprint density at radius 1 is 1.50 bits per heavy atom. The molecule has 0 radical (unpaired) electrons. The van der Waals surface area contributed by atoms with Crippen LogP contribution in [0.4, 0.5) is 5.69 Å². The first-order valence-corrected chi connectivity index (χ1v) is 6.95. The largest absolute Gasteiger partial charge is 0.323 e. The number of carbonyl (C=O) groups is 1. The minimum atomic E-state index is -0.131. The molecular formula is C15H14ClN3O. The van der Waals surface area contributed by atoms with Crippen LogP contribution in [0.5, 0.6) is 0 Å². The summed E-state index contributed by atoms with van der Waals surface area (Å²) >= 11 is 5.98. The molecule has 0 fully saturated rings. The molecule has 1 aromatic heterocycles. The highest BCUT2D eigenvalue weighted by molar-refractivity contribution is 6.30. The Labute approximate surface area is 122 Å². The zero-order valence-corrected chi connectivity index (χ0v) is 11.8. The van der Waals surface area contributed by atoms with Crippen LogP contribution in [0.2, 0.25) is 5.02 Å². The Morgan fingerprint density at radius 2 is 2.35 bits per heavy atom. The Bertz CT molecular complexity index is 672. The lowest BCUT2D eigenvalue weighted by Crippen LogP contribution is -2.30. The molecule has 0 saturated heterocycles. The van der Waals surface area contributed by atoms with Crippen LogP contribution in [-0.4, -0.2) is 15.9 Å². The minimum Gasteiger partial charge on any atom is -0.323 e. The molecule has 1 heterocycles. The second-order valence-corrected chi connectivity index (χ2v) is 5.26. The highest BCUT2D eigenvalue weighted by atomic mass is 35.5. The summed E-state index contributed by atoms with van der Waals surface area (Å²) in [5.74, 6) is -0.155. The number of hydrogen-bond acceptors (Lipinski definition) is 3. The van der Waals surface area contributed by atoms with Gasteiger partial charge in [0.2, 0.25) is 5.91 Å². The summed E-state index contributed by atoms with van der Waals surface area (Å²) in [5, 5.41) is 3.58. The predicted octanol–water partition coefficient (Wildman–Crippen LogP) is 2.97. The third-order valence-corrected chi connectivity index (χ3v) is 3.85. The average molecular weight is 288 g/mol. The molecule has 3 rings (SSSR count). The highest BCUT2D eigenvalue weighted by Gasteiger charge is 2.32. The average Bonchev–Trinajstić information content (AvgIpc) is 2.43. The van der Waals surface area contributed by atoms with Crippen molar-refractivity contribution in [1.29, 1.82) is 0 Å². The lowest BCUT2D eigenvalue weighted by molar-refractivity contribution is -0.118. The van der Waals surface area contributed by atoms with E-state index in [-0.39, 0.29) is 11.8 Å². The molecule has 1 atom stereocenters. The molecule has 0 bridgehead atoms. The second kappa shape index (κ2) is 5.21. The first-order valence-electron chi connectivity index (χ1n) is 6.57. The number of nitrogens with zero attached hydrogens (tertiary/aromatic N) is 2. The molecule has 1 N–H and O–H groups in total. The molecule has 4 nitrogen and oxygen atoms in total. The summed E-state index contributed by atoms with van der Waals surface area (Å²) < 4.78 is 0. The number of carbonyl (C=O) groups excluding carboxylic acids is 1. The SMILES string of the molecule is CCc1ncncc1NC(=O)C1Cc2ccc(Cl)cc21. The van der Waals surface area contributed by atoms with Gasteiger partial charge < -0.3 is 5.32 Å². The van der Waals surface area contributed by atoms with Gasteiger partial charge in [0, 0.05) is 5.02 Å². The van der Waals surface area contributed by atoms with Crippen LogP contribution in [0.1, 0.15) is 29.7 Å². The number of rotatable bonds is 3. The van der Waals surface area contributed by atoms with Gasteiger partial charge in [0.1, 0.15) is 6.33 Å². The highest BCUT2D eigenvalue weighted by Crippen LogP contribution is 2.37. The molecule has 20 heavy (non-hydrogen) atoms. The van der Waals surface area contributed by atoms with Gasteiger partial charge in [0.05, 0.1) is 23.5 Å². The molecule has 0 spiro atoms. The van der Waals surface area contributed by atoms with Gasteiger partial charge in [-0.15, -0.1) is 0 Å². The van der Waals surface area contributed by atoms with Crippen molar-refractivity contribution >= 4 is 23.2 Å². The van der Waals surface area contributed by atoms with E-state index in [0.717, 1.165) is 24.1 Å². The molecule has 102 valence electrons. The summed E-state index contributed by atoms with van der Waals surface area (Å²) in [6, 6.07) is 5.70. The Balaban J connectivity index is 1.78. The van der Waals surface area contributed by atoms with Crippen molar-refractivity contribution in [1.82, 2.24) is 9.97 Å². The fourth-order valence-corrected chi connectivity index (χ4v) is 2.65. The molecule has 2 aromatic rings. The van der Waals surface area contributed by atoms with Gasteiger partial charge in [0.25, 0.3) is 0 Å². The Morgan fingerprint density at radius 3 is 3.15 bits per heavy atom. The molecular weight excluding hydrogens is 274 g/mol. The fourth-order valence-electron chi connectivity index (χ4n) is 2.47. The number of aryl methyl sites for hydroxylation is 1. The van der Waals surface area contributed by atoms with Crippen molar-refractivity contribution in [3.05, 3.63) is 52.6 Å². The van der Waals surface area contributed by atoms with Crippen LogP contribution in [0.3, 0.4) is 0 Å². The van der Waals surface area contributed by atoms with Crippen LogP contribution in [0.15, 0.2) is 30.7 Å². The van der Waals surface area contributed by atoms with E-state index in [1.165, 1.54) is 11.9 Å². The normalized spacial score (nSPS) is 16.2. The maximum Gasteiger partial charge on any atom is 0.232 e. The third kappa shape index (κ3) is 2.27. The van der Waals surface area contributed by atoms with E-state index in [1.54, 1.807) is 6.20 Å². The standard InChI is InChI=1S/C15H14ClN3O/c1-2-13-14(7-17-8-18-13)19-15(20)12-5-9-3-4-10(16)6-11(9)12/h3-4,6-8,12H,2,5H2,1H3,(H,19,20). The summed E-state index contributed by atoms with van der Waals surface area (Å²) in [5.41, 5.74) is 3.74.